The van der Waals surface area contributed by atoms with Crippen LogP contribution in [0.15, 0.2) is 0 Å². The molecule has 1 amide bonds. The molecule has 0 aromatic rings. The molecule has 5 nitrogen and oxygen atoms in total. The molecule has 0 spiro atoms. The average molecular weight is 215 g/mol. The first kappa shape index (κ1) is 13.6. The number of carbonyl (C=O) groups is 3. The molecule has 5 heteroatoms. The summed E-state index contributed by atoms with van der Waals surface area (Å²) in [6.07, 6.45) is 0.706. The van der Waals surface area contributed by atoms with Crippen molar-refractivity contribution in [2.75, 3.05) is 13.2 Å². The molecular weight excluding hydrogens is 198 g/mol. The zero-order valence-corrected chi connectivity index (χ0v) is 9.12. The molecule has 1 N–H and O–H groups in total. The number of esters is 1. The van der Waals surface area contributed by atoms with Gasteiger partial charge in [-0.1, -0.05) is 13.8 Å². The summed E-state index contributed by atoms with van der Waals surface area (Å²) in [7, 11) is 0. The largest absolute Gasteiger partial charge is 0.465 e. The van der Waals surface area contributed by atoms with Crippen LogP contribution in [-0.4, -0.2) is 31.3 Å². The second-order valence-electron chi connectivity index (χ2n) is 3.55. The summed E-state index contributed by atoms with van der Waals surface area (Å²) in [6, 6.07) is 0. The Morgan fingerprint density at radius 3 is 2.53 bits per heavy atom. The van der Waals surface area contributed by atoms with E-state index in [9.17, 15) is 14.4 Å². The van der Waals surface area contributed by atoms with E-state index < -0.39 is 0 Å². The lowest BCUT2D eigenvalue weighted by molar-refractivity contribution is -0.146. The van der Waals surface area contributed by atoms with Crippen molar-refractivity contribution in [2.24, 2.45) is 5.92 Å². The van der Waals surface area contributed by atoms with Crippen LogP contribution in [0.1, 0.15) is 26.7 Å². The van der Waals surface area contributed by atoms with E-state index in [4.69, 9.17) is 4.74 Å². The lowest BCUT2D eigenvalue weighted by atomic mass is 10.2. The Bertz CT molecular complexity index is 225. The lowest BCUT2D eigenvalue weighted by Gasteiger charge is -2.06. The van der Waals surface area contributed by atoms with Gasteiger partial charge in [0, 0.05) is 6.42 Å². The molecule has 0 aromatic heterocycles. The number of ether oxygens (including phenoxy) is 1. The van der Waals surface area contributed by atoms with Crippen LogP contribution in [0.3, 0.4) is 0 Å². The summed E-state index contributed by atoms with van der Waals surface area (Å²) < 4.78 is 4.87. The highest BCUT2D eigenvalue weighted by Gasteiger charge is 2.07. The molecule has 0 fully saturated rings. The van der Waals surface area contributed by atoms with Crippen LogP contribution in [0.2, 0.25) is 0 Å². The number of carbonyl (C=O) groups excluding carboxylic acids is 3. The smallest absolute Gasteiger partial charge is 0.306 e. The summed E-state index contributed by atoms with van der Waals surface area (Å²) in [5.74, 6) is -0.411. The molecule has 0 unspecified atom stereocenters. The van der Waals surface area contributed by atoms with Crippen molar-refractivity contribution in [2.45, 2.75) is 26.7 Å². The van der Waals surface area contributed by atoms with Gasteiger partial charge in [-0.05, 0) is 5.92 Å². The molecule has 0 saturated carbocycles. The zero-order chi connectivity index (χ0) is 11.7. The fourth-order valence-electron chi connectivity index (χ4n) is 0.791. The maximum atomic E-state index is 11.1. The molecule has 0 aliphatic heterocycles. The van der Waals surface area contributed by atoms with Crippen LogP contribution in [0.5, 0.6) is 0 Å². The summed E-state index contributed by atoms with van der Waals surface area (Å²) in [4.78, 5) is 31.9. The van der Waals surface area contributed by atoms with Gasteiger partial charge in [-0.15, -0.1) is 0 Å². The Kier molecular flexibility index (Phi) is 7.23. The van der Waals surface area contributed by atoms with Gasteiger partial charge in [-0.3, -0.25) is 9.59 Å². The minimum Gasteiger partial charge on any atom is -0.465 e. The summed E-state index contributed by atoms with van der Waals surface area (Å²) in [5.41, 5.74) is 0. The van der Waals surface area contributed by atoms with Crippen molar-refractivity contribution in [1.29, 1.82) is 0 Å². The lowest BCUT2D eigenvalue weighted by Crippen LogP contribution is -2.25. The Balaban J connectivity index is 3.52. The van der Waals surface area contributed by atoms with E-state index in [2.05, 4.69) is 5.32 Å². The highest BCUT2D eigenvalue weighted by atomic mass is 16.5. The predicted molar refractivity (Wildman–Crippen MR) is 54.1 cm³/mol. The van der Waals surface area contributed by atoms with Crippen LogP contribution in [0, 0.1) is 5.92 Å². The Morgan fingerprint density at radius 1 is 1.33 bits per heavy atom. The molecule has 15 heavy (non-hydrogen) atoms. The molecule has 86 valence electrons. The first-order valence-corrected chi connectivity index (χ1v) is 4.92. The third-order valence-corrected chi connectivity index (χ3v) is 1.52. The second kappa shape index (κ2) is 7.96. The van der Waals surface area contributed by atoms with E-state index in [-0.39, 0.29) is 37.2 Å². The molecule has 0 heterocycles. The van der Waals surface area contributed by atoms with E-state index in [1.54, 1.807) is 0 Å². The SMILES string of the molecule is CC(C)COC(=O)CCC(=O)NCC=O. The highest BCUT2D eigenvalue weighted by molar-refractivity contribution is 5.82. The van der Waals surface area contributed by atoms with Gasteiger partial charge in [-0.25, -0.2) is 0 Å². The van der Waals surface area contributed by atoms with Crippen LogP contribution in [-0.2, 0) is 19.1 Å². The molecule has 0 atom stereocenters. The third-order valence-electron chi connectivity index (χ3n) is 1.52. The number of aldehydes is 1. The first-order chi connectivity index (χ1) is 7.06. The van der Waals surface area contributed by atoms with Gasteiger partial charge in [0.25, 0.3) is 0 Å². The van der Waals surface area contributed by atoms with Crippen LogP contribution in [0.25, 0.3) is 0 Å². The Morgan fingerprint density at radius 2 is 2.00 bits per heavy atom. The molecule has 0 aliphatic carbocycles. The van der Waals surface area contributed by atoms with Gasteiger partial charge in [0.05, 0.1) is 19.6 Å². The quantitative estimate of drug-likeness (QED) is 0.489. The maximum Gasteiger partial charge on any atom is 0.306 e. The van der Waals surface area contributed by atoms with Gasteiger partial charge < -0.3 is 14.8 Å². The molecule has 0 bridgehead atoms. The fourth-order valence-corrected chi connectivity index (χ4v) is 0.791. The summed E-state index contributed by atoms with van der Waals surface area (Å²) in [6.45, 7) is 4.23. The number of rotatable bonds is 7. The molecule has 0 radical (unpaired) electrons. The maximum absolute atomic E-state index is 11.1. The van der Waals surface area contributed by atoms with Crippen molar-refractivity contribution in [3.63, 3.8) is 0 Å². The van der Waals surface area contributed by atoms with Crippen LogP contribution in [0.4, 0.5) is 0 Å². The molecular formula is C10H17NO4. The van der Waals surface area contributed by atoms with E-state index in [1.165, 1.54) is 0 Å². The monoisotopic (exact) mass is 215 g/mol. The van der Waals surface area contributed by atoms with Gasteiger partial charge in [0.1, 0.15) is 6.29 Å². The molecule has 0 rings (SSSR count). The van der Waals surface area contributed by atoms with Crippen molar-refractivity contribution in [3.05, 3.63) is 0 Å². The van der Waals surface area contributed by atoms with Gasteiger partial charge in [0.2, 0.25) is 5.91 Å². The Hall–Kier alpha value is -1.39. The second-order valence-corrected chi connectivity index (χ2v) is 3.55. The summed E-state index contributed by atoms with van der Waals surface area (Å²) in [5, 5.41) is 2.34. The number of nitrogens with one attached hydrogen (secondary N) is 1. The third kappa shape index (κ3) is 8.93. The minimum atomic E-state index is -0.384. The van der Waals surface area contributed by atoms with Gasteiger partial charge in [-0.2, -0.15) is 0 Å². The molecule has 0 saturated heterocycles. The van der Waals surface area contributed by atoms with Crippen molar-refractivity contribution in [3.8, 4) is 0 Å². The zero-order valence-electron chi connectivity index (χ0n) is 9.12. The van der Waals surface area contributed by atoms with Gasteiger partial charge in [0.15, 0.2) is 0 Å². The molecule has 0 aromatic carbocycles. The predicted octanol–water partition coefficient (Wildman–Crippen LogP) is 0.281. The normalized spacial score (nSPS) is 9.80. The van der Waals surface area contributed by atoms with E-state index in [0.717, 1.165) is 0 Å². The molecule has 0 aliphatic rings. The van der Waals surface area contributed by atoms with E-state index >= 15 is 0 Å². The van der Waals surface area contributed by atoms with Crippen LogP contribution >= 0.6 is 0 Å². The fraction of sp³-hybridized carbons (Fsp3) is 0.700. The van der Waals surface area contributed by atoms with Crippen LogP contribution < -0.4 is 5.32 Å². The van der Waals surface area contributed by atoms with Crippen molar-refractivity contribution < 1.29 is 19.1 Å². The number of hydrogen-bond acceptors (Lipinski definition) is 4. The highest BCUT2D eigenvalue weighted by Crippen LogP contribution is 1.97. The minimum absolute atomic E-state index is 0.0140. The number of amides is 1. The summed E-state index contributed by atoms with van der Waals surface area (Å²) >= 11 is 0. The first-order valence-electron chi connectivity index (χ1n) is 4.92. The van der Waals surface area contributed by atoms with E-state index in [1.807, 2.05) is 13.8 Å². The van der Waals surface area contributed by atoms with Crippen molar-refractivity contribution in [1.82, 2.24) is 5.32 Å². The van der Waals surface area contributed by atoms with Crippen molar-refractivity contribution >= 4 is 18.2 Å². The number of hydrogen-bond donors (Lipinski definition) is 1. The Labute approximate surface area is 89.2 Å². The average Bonchev–Trinajstić information content (AvgIpc) is 2.20. The topological polar surface area (TPSA) is 72.5 Å². The standard InChI is InChI=1S/C10H17NO4/c1-8(2)7-15-10(14)4-3-9(13)11-5-6-12/h6,8H,3-5,7H2,1-2H3,(H,11,13). The van der Waals surface area contributed by atoms with Gasteiger partial charge >= 0.3 is 5.97 Å². The van der Waals surface area contributed by atoms with E-state index in [0.29, 0.717) is 12.9 Å².